The number of benzene rings is 4. The first-order valence-electron chi connectivity index (χ1n) is 11.6. The van der Waals surface area contributed by atoms with Crippen molar-refractivity contribution in [2.45, 2.75) is 6.61 Å². The summed E-state index contributed by atoms with van der Waals surface area (Å²) in [6.07, 6.45) is 1.59. The molecular weight excluding hydrogens is 674 g/mol. The summed E-state index contributed by atoms with van der Waals surface area (Å²) in [5.41, 5.74) is 7.41. The highest BCUT2D eigenvalue weighted by molar-refractivity contribution is 9.11. The van der Waals surface area contributed by atoms with Crippen LogP contribution in [0.4, 0.5) is 0 Å². The first kappa shape index (κ1) is 26.3. The largest absolute Gasteiger partial charge is 0.487 e. The number of carbonyl (C=O) groups is 1. The van der Waals surface area contributed by atoms with Crippen LogP contribution < -0.4 is 10.2 Å². The van der Waals surface area contributed by atoms with Crippen LogP contribution in [0.3, 0.4) is 0 Å². The Morgan fingerprint density at radius 2 is 1.55 bits per heavy atom. The lowest BCUT2D eigenvalue weighted by Gasteiger charge is -2.11. The number of ether oxygens (including phenoxy) is 1. The van der Waals surface area contributed by atoms with E-state index < -0.39 is 0 Å². The SMILES string of the molecule is O=C(N/N=C/c1cc(Br)c(OCc2ccc(Br)cc2)c(Br)c1)c1cc(-c2ccccc2)nc2ccccc12. The Labute approximate surface area is 245 Å². The average Bonchev–Trinajstić information content (AvgIpc) is 2.93. The van der Waals surface area contributed by atoms with Crippen LogP contribution in [0.25, 0.3) is 22.2 Å². The van der Waals surface area contributed by atoms with E-state index in [1.807, 2.05) is 91.0 Å². The summed E-state index contributed by atoms with van der Waals surface area (Å²) in [5.74, 6) is 0.371. The lowest BCUT2D eigenvalue weighted by Crippen LogP contribution is -2.18. The van der Waals surface area contributed by atoms with Gasteiger partial charge in [0.2, 0.25) is 0 Å². The molecule has 188 valence electrons. The lowest BCUT2D eigenvalue weighted by atomic mass is 10.0. The number of halogens is 3. The summed E-state index contributed by atoms with van der Waals surface area (Å²) >= 11 is 10.6. The van der Waals surface area contributed by atoms with Gasteiger partial charge in [-0.15, -0.1) is 0 Å². The normalized spacial score (nSPS) is 11.1. The number of carbonyl (C=O) groups excluding carboxylic acids is 1. The van der Waals surface area contributed by atoms with Crippen molar-refractivity contribution in [2.24, 2.45) is 5.10 Å². The molecule has 0 spiro atoms. The minimum Gasteiger partial charge on any atom is -0.487 e. The number of hydrazone groups is 1. The number of nitrogens with zero attached hydrogens (tertiary/aromatic N) is 2. The monoisotopic (exact) mass is 691 g/mol. The summed E-state index contributed by atoms with van der Waals surface area (Å²) < 4.78 is 8.57. The van der Waals surface area contributed by atoms with Crippen molar-refractivity contribution in [2.75, 3.05) is 0 Å². The van der Waals surface area contributed by atoms with Crippen LogP contribution in [0.2, 0.25) is 0 Å². The van der Waals surface area contributed by atoms with Crippen molar-refractivity contribution in [1.29, 1.82) is 0 Å². The molecule has 0 bridgehead atoms. The molecule has 0 radical (unpaired) electrons. The number of amides is 1. The van der Waals surface area contributed by atoms with E-state index in [0.717, 1.165) is 46.7 Å². The van der Waals surface area contributed by atoms with Gasteiger partial charge in [0.25, 0.3) is 5.91 Å². The van der Waals surface area contributed by atoms with Gasteiger partial charge in [0.05, 0.1) is 31.9 Å². The highest BCUT2D eigenvalue weighted by Gasteiger charge is 2.14. The van der Waals surface area contributed by atoms with Crippen molar-refractivity contribution in [3.05, 3.63) is 127 Å². The molecule has 1 amide bonds. The molecule has 0 fully saturated rings. The van der Waals surface area contributed by atoms with Crippen LogP contribution >= 0.6 is 47.8 Å². The third-order valence-corrected chi connectivity index (χ3v) is 7.43. The molecule has 0 aliphatic heterocycles. The third kappa shape index (κ3) is 6.20. The number of rotatable bonds is 7. The van der Waals surface area contributed by atoms with E-state index in [-0.39, 0.29) is 5.91 Å². The predicted octanol–water partition coefficient (Wildman–Crippen LogP) is 8.53. The van der Waals surface area contributed by atoms with Crippen molar-refractivity contribution < 1.29 is 9.53 Å². The zero-order chi connectivity index (χ0) is 26.5. The standard InChI is InChI=1S/C30H20Br3N3O2/c31-22-12-10-19(11-13-22)18-38-29-25(32)14-20(15-26(29)33)17-34-36-30(37)24-16-28(21-6-2-1-3-7-21)35-27-9-5-4-8-23(24)27/h1-17H,18H2,(H,36,37)/b34-17+. The summed E-state index contributed by atoms with van der Waals surface area (Å²) in [6.45, 7) is 0.429. The number of hydrogen-bond acceptors (Lipinski definition) is 4. The molecule has 0 saturated heterocycles. The first-order valence-corrected chi connectivity index (χ1v) is 14.0. The fourth-order valence-electron chi connectivity index (χ4n) is 3.87. The number of para-hydroxylation sites is 1. The fourth-order valence-corrected chi connectivity index (χ4v) is 5.59. The van der Waals surface area contributed by atoms with E-state index in [1.165, 1.54) is 0 Å². The van der Waals surface area contributed by atoms with E-state index in [4.69, 9.17) is 9.72 Å². The summed E-state index contributed by atoms with van der Waals surface area (Å²) in [4.78, 5) is 17.9. The van der Waals surface area contributed by atoms with E-state index in [1.54, 1.807) is 12.3 Å². The maximum atomic E-state index is 13.2. The van der Waals surface area contributed by atoms with Gasteiger partial charge < -0.3 is 4.74 Å². The quantitative estimate of drug-likeness (QED) is 0.137. The molecule has 8 heteroatoms. The van der Waals surface area contributed by atoms with Crippen LogP contribution in [-0.2, 0) is 6.61 Å². The van der Waals surface area contributed by atoms with Gasteiger partial charge >= 0.3 is 0 Å². The highest BCUT2D eigenvalue weighted by Crippen LogP contribution is 2.35. The maximum absolute atomic E-state index is 13.2. The molecule has 5 rings (SSSR count). The van der Waals surface area contributed by atoms with Gasteiger partial charge in [-0.25, -0.2) is 10.4 Å². The molecule has 1 aromatic heterocycles. The Balaban J connectivity index is 1.32. The molecule has 0 aliphatic carbocycles. The lowest BCUT2D eigenvalue weighted by molar-refractivity contribution is 0.0956. The van der Waals surface area contributed by atoms with Gasteiger partial charge in [-0.3, -0.25) is 4.79 Å². The Morgan fingerprint density at radius 1 is 0.868 bits per heavy atom. The Hall–Kier alpha value is -3.33. The van der Waals surface area contributed by atoms with Crippen molar-refractivity contribution in [1.82, 2.24) is 10.4 Å². The fraction of sp³-hybridized carbons (Fsp3) is 0.0333. The highest BCUT2D eigenvalue weighted by atomic mass is 79.9. The number of pyridine rings is 1. The zero-order valence-corrected chi connectivity index (χ0v) is 24.6. The van der Waals surface area contributed by atoms with E-state index in [2.05, 4.69) is 58.3 Å². The smallest absolute Gasteiger partial charge is 0.272 e. The zero-order valence-electron chi connectivity index (χ0n) is 19.9. The van der Waals surface area contributed by atoms with Gasteiger partial charge in [0.15, 0.2) is 0 Å². The number of nitrogens with one attached hydrogen (secondary N) is 1. The maximum Gasteiger partial charge on any atom is 0.272 e. The predicted molar refractivity (Wildman–Crippen MR) is 163 cm³/mol. The molecule has 4 aromatic carbocycles. The Morgan fingerprint density at radius 3 is 2.29 bits per heavy atom. The van der Waals surface area contributed by atoms with E-state index in [0.29, 0.717) is 17.9 Å². The summed E-state index contributed by atoms with van der Waals surface area (Å²) in [7, 11) is 0. The molecule has 5 nitrogen and oxygen atoms in total. The van der Waals surface area contributed by atoms with Gasteiger partial charge in [-0.1, -0.05) is 76.6 Å². The second kappa shape index (κ2) is 12.0. The Kier molecular flexibility index (Phi) is 8.32. The van der Waals surface area contributed by atoms with Crippen LogP contribution in [0.15, 0.2) is 116 Å². The third-order valence-electron chi connectivity index (χ3n) is 5.73. The average molecular weight is 694 g/mol. The van der Waals surface area contributed by atoms with Crippen LogP contribution in [0, 0.1) is 0 Å². The van der Waals surface area contributed by atoms with Crippen LogP contribution in [0.5, 0.6) is 5.75 Å². The molecule has 0 aliphatic rings. The van der Waals surface area contributed by atoms with E-state index >= 15 is 0 Å². The minimum absolute atomic E-state index is 0.315. The molecular formula is C30H20Br3N3O2. The van der Waals surface area contributed by atoms with E-state index in [9.17, 15) is 4.79 Å². The molecule has 0 atom stereocenters. The van der Waals surface area contributed by atoms with Crippen molar-refractivity contribution >= 4 is 70.8 Å². The topological polar surface area (TPSA) is 63.6 Å². The molecule has 0 unspecified atom stereocenters. The first-order chi connectivity index (χ1) is 18.5. The van der Waals surface area contributed by atoms with Gasteiger partial charge in [-0.2, -0.15) is 5.10 Å². The molecule has 1 heterocycles. The number of fused-ring (bicyclic) bond motifs is 1. The molecule has 1 N–H and O–H groups in total. The van der Waals surface area contributed by atoms with Crippen LogP contribution in [0.1, 0.15) is 21.5 Å². The van der Waals surface area contributed by atoms with Gasteiger partial charge in [0.1, 0.15) is 12.4 Å². The summed E-state index contributed by atoms with van der Waals surface area (Å²) in [6, 6.07) is 30.9. The second-order valence-corrected chi connectivity index (χ2v) is 11.0. The second-order valence-electron chi connectivity index (χ2n) is 8.37. The number of aromatic nitrogens is 1. The Bertz CT molecular complexity index is 1620. The van der Waals surface area contributed by atoms with Crippen molar-refractivity contribution in [3.8, 4) is 17.0 Å². The molecule has 5 aromatic rings. The number of hydrogen-bond donors (Lipinski definition) is 1. The summed E-state index contributed by atoms with van der Waals surface area (Å²) in [5, 5.41) is 4.97. The molecule has 0 saturated carbocycles. The van der Waals surface area contributed by atoms with Crippen LogP contribution in [-0.4, -0.2) is 17.1 Å². The van der Waals surface area contributed by atoms with Gasteiger partial charge in [-0.05, 0) is 79.4 Å². The van der Waals surface area contributed by atoms with Crippen molar-refractivity contribution in [3.63, 3.8) is 0 Å². The molecule has 38 heavy (non-hydrogen) atoms. The van der Waals surface area contributed by atoms with Gasteiger partial charge in [0, 0.05) is 15.4 Å². The minimum atomic E-state index is -0.315.